The SMILES string of the molecule is O=[N+]([O-])C[C@H](c1ccc(OCc2cccc([N+](=O)[O-])c2)c(Cl)c1)c1c[nH]c2ccccc12. The molecule has 0 radical (unpaired) electrons. The van der Waals surface area contributed by atoms with E-state index in [1.54, 1.807) is 36.5 Å². The fraction of sp³-hybridized carbons (Fsp3) is 0.130. The maximum atomic E-state index is 11.4. The van der Waals surface area contributed by atoms with E-state index in [0.29, 0.717) is 21.9 Å². The number of nitro groups is 2. The molecule has 0 aliphatic rings. The van der Waals surface area contributed by atoms with Gasteiger partial charge in [0.15, 0.2) is 0 Å². The molecule has 8 nitrogen and oxygen atoms in total. The predicted octanol–water partition coefficient (Wildman–Crippen LogP) is 5.72. The molecular weight excluding hydrogens is 434 g/mol. The minimum absolute atomic E-state index is 0.0195. The van der Waals surface area contributed by atoms with Crippen LogP contribution in [0.25, 0.3) is 10.9 Å². The lowest BCUT2D eigenvalue weighted by Crippen LogP contribution is -2.13. The number of fused-ring (bicyclic) bond motifs is 1. The van der Waals surface area contributed by atoms with Gasteiger partial charge in [-0.15, -0.1) is 0 Å². The molecule has 0 bridgehead atoms. The number of H-pyrrole nitrogens is 1. The van der Waals surface area contributed by atoms with Gasteiger partial charge in [-0.2, -0.15) is 0 Å². The summed E-state index contributed by atoms with van der Waals surface area (Å²) in [5, 5.41) is 23.5. The summed E-state index contributed by atoms with van der Waals surface area (Å²) in [5.41, 5.74) is 3.02. The summed E-state index contributed by atoms with van der Waals surface area (Å²) in [6.45, 7) is -0.187. The highest BCUT2D eigenvalue weighted by Crippen LogP contribution is 2.35. The molecule has 0 fully saturated rings. The Balaban J connectivity index is 1.59. The fourth-order valence-electron chi connectivity index (χ4n) is 3.69. The molecule has 3 aromatic carbocycles. The van der Waals surface area contributed by atoms with E-state index >= 15 is 0 Å². The van der Waals surface area contributed by atoms with E-state index in [9.17, 15) is 20.2 Å². The Morgan fingerprint density at radius 3 is 2.56 bits per heavy atom. The van der Waals surface area contributed by atoms with Gasteiger partial charge in [0.05, 0.1) is 15.9 Å². The third-order valence-electron chi connectivity index (χ3n) is 5.20. The van der Waals surface area contributed by atoms with Crippen molar-refractivity contribution in [1.82, 2.24) is 4.98 Å². The van der Waals surface area contributed by atoms with E-state index in [4.69, 9.17) is 16.3 Å². The van der Waals surface area contributed by atoms with Crippen LogP contribution in [0.4, 0.5) is 5.69 Å². The minimum atomic E-state index is -0.496. The number of ether oxygens (including phenoxy) is 1. The first kappa shape index (κ1) is 21.3. The number of rotatable bonds is 8. The maximum Gasteiger partial charge on any atom is 0.269 e. The van der Waals surface area contributed by atoms with Crippen molar-refractivity contribution in [3.63, 3.8) is 0 Å². The van der Waals surface area contributed by atoms with Gasteiger partial charge in [-0.25, -0.2) is 0 Å². The maximum absolute atomic E-state index is 11.4. The number of aromatic nitrogens is 1. The van der Waals surface area contributed by atoms with Crippen molar-refractivity contribution in [2.45, 2.75) is 12.5 Å². The fourth-order valence-corrected chi connectivity index (χ4v) is 3.93. The highest BCUT2D eigenvalue weighted by atomic mass is 35.5. The van der Waals surface area contributed by atoms with Crippen LogP contribution in [0.5, 0.6) is 5.75 Å². The van der Waals surface area contributed by atoms with Crippen molar-refractivity contribution in [3.8, 4) is 5.75 Å². The van der Waals surface area contributed by atoms with Gasteiger partial charge >= 0.3 is 0 Å². The summed E-state index contributed by atoms with van der Waals surface area (Å²) in [5.74, 6) is -0.106. The number of para-hydroxylation sites is 1. The topological polar surface area (TPSA) is 111 Å². The van der Waals surface area contributed by atoms with E-state index in [2.05, 4.69) is 4.98 Å². The summed E-state index contributed by atoms with van der Waals surface area (Å²) in [7, 11) is 0. The quantitative estimate of drug-likeness (QED) is 0.272. The first-order valence-electron chi connectivity index (χ1n) is 9.76. The van der Waals surface area contributed by atoms with Crippen LogP contribution < -0.4 is 4.74 Å². The van der Waals surface area contributed by atoms with Gasteiger partial charge < -0.3 is 9.72 Å². The lowest BCUT2D eigenvalue weighted by molar-refractivity contribution is -0.481. The first-order chi connectivity index (χ1) is 15.4. The Labute approximate surface area is 187 Å². The molecule has 1 aromatic heterocycles. The van der Waals surface area contributed by atoms with Crippen LogP contribution >= 0.6 is 11.6 Å². The molecule has 0 aliphatic heterocycles. The van der Waals surface area contributed by atoms with E-state index < -0.39 is 10.8 Å². The Hall–Kier alpha value is -3.91. The summed E-state index contributed by atoms with van der Waals surface area (Å²) < 4.78 is 5.74. The van der Waals surface area contributed by atoms with Gasteiger partial charge in [0.2, 0.25) is 6.54 Å². The molecule has 0 spiro atoms. The number of hydrogen-bond donors (Lipinski definition) is 1. The average Bonchev–Trinajstić information content (AvgIpc) is 3.20. The van der Waals surface area contributed by atoms with Crippen LogP contribution in [0, 0.1) is 20.2 Å². The van der Waals surface area contributed by atoms with E-state index in [1.165, 1.54) is 12.1 Å². The van der Waals surface area contributed by atoms with Crippen molar-refractivity contribution in [2.75, 3.05) is 6.54 Å². The molecule has 9 heteroatoms. The van der Waals surface area contributed by atoms with Crippen LogP contribution in [-0.2, 0) is 6.61 Å². The third kappa shape index (κ3) is 4.55. The van der Waals surface area contributed by atoms with Crippen LogP contribution in [0.15, 0.2) is 72.9 Å². The molecule has 1 atom stereocenters. The highest BCUT2D eigenvalue weighted by Gasteiger charge is 2.24. The second-order valence-corrected chi connectivity index (χ2v) is 7.67. The highest BCUT2D eigenvalue weighted by molar-refractivity contribution is 6.32. The zero-order valence-electron chi connectivity index (χ0n) is 16.7. The average molecular weight is 452 g/mol. The van der Waals surface area contributed by atoms with E-state index in [0.717, 1.165) is 16.5 Å². The Bertz CT molecular complexity index is 1300. The number of benzene rings is 3. The molecule has 0 aliphatic carbocycles. The van der Waals surface area contributed by atoms with Crippen LogP contribution in [-0.4, -0.2) is 21.4 Å². The van der Waals surface area contributed by atoms with Gasteiger partial charge in [-0.05, 0) is 34.9 Å². The summed E-state index contributed by atoms with van der Waals surface area (Å²) in [6.07, 6.45) is 1.79. The largest absolute Gasteiger partial charge is 0.487 e. The number of nitrogens with one attached hydrogen (secondary N) is 1. The molecule has 0 saturated heterocycles. The van der Waals surface area contributed by atoms with Gasteiger partial charge in [0, 0.05) is 34.2 Å². The number of nitrogens with zero attached hydrogens (tertiary/aromatic N) is 2. The van der Waals surface area contributed by atoms with Gasteiger partial charge in [0.1, 0.15) is 12.4 Å². The molecule has 0 amide bonds. The monoisotopic (exact) mass is 451 g/mol. The van der Waals surface area contributed by atoms with Crippen LogP contribution in [0.1, 0.15) is 22.6 Å². The van der Waals surface area contributed by atoms with E-state index in [-0.39, 0.29) is 23.8 Å². The van der Waals surface area contributed by atoms with Crippen molar-refractivity contribution in [3.05, 3.63) is 115 Å². The zero-order chi connectivity index (χ0) is 22.7. The molecule has 4 rings (SSSR count). The van der Waals surface area contributed by atoms with Crippen molar-refractivity contribution >= 4 is 28.2 Å². The summed E-state index contributed by atoms with van der Waals surface area (Å²) in [4.78, 5) is 24.7. The molecule has 0 unspecified atom stereocenters. The Morgan fingerprint density at radius 1 is 1.00 bits per heavy atom. The Kier molecular flexibility index (Phi) is 6.04. The molecular formula is C23H18ClN3O5. The molecule has 0 saturated carbocycles. The molecule has 1 N–H and O–H groups in total. The number of aromatic amines is 1. The van der Waals surface area contributed by atoms with Crippen molar-refractivity contribution in [2.24, 2.45) is 0 Å². The van der Waals surface area contributed by atoms with E-state index in [1.807, 2.05) is 24.3 Å². The zero-order valence-corrected chi connectivity index (χ0v) is 17.5. The van der Waals surface area contributed by atoms with Gasteiger partial charge in [0.25, 0.3) is 5.69 Å². The lowest BCUT2D eigenvalue weighted by atomic mass is 9.91. The Morgan fingerprint density at radius 2 is 1.81 bits per heavy atom. The number of non-ortho nitro benzene ring substituents is 1. The third-order valence-corrected chi connectivity index (χ3v) is 5.50. The first-order valence-corrected chi connectivity index (χ1v) is 10.1. The lowest BCUT2D eigenvalue weighted by Gasteiger charge is -2.15. The van der Waals surface area contributed by atoms with Gasteiger partial charge in [-0.1, -0.05) is 48.0 Å². The van der Waals surface area contributed by atoms with Crippen molar-refractivity contribution < 1.29 is 14.6 Å². The number of hydrogen-bond acceptors (Lipinski definition) is 5. The molecule has 1 heterocycles. The second-order valence-electron chi connectivity index (χ2n) is 7.26. The minimum Gasteiger partial charge on any atom is -0.487 e. The summed E-state index contributed by atoms with van der Waals surface area (Å²) in [6, 6.07) is 18.9. The van der Waals surface area contributed by atoms with Gasteiger partial charge in [-0.3, -0.25) is 20.2 Å². The predicted molar refractivity (Wildman–Crippen MR) is 121 cm³/mol. The molecule has 162 valence electrons. The molecule has 4 aromatic rings. The van der Waals surface area contributed by atoms with Crippen LogP contribution in [0.3, 0.4) is 0 Å². The number of nitro benzene ring substituents is 1. The standard InChI is InChI=1S/C23H18ClN3O5/c24-21-11-16(8-9-23(21)32-14-15-4-3-5-17(10-15)27(30)31)20(13-26(28)29)19-12-25-22-7-2-1-6-18(19)22/h1-12,20,25H,13-14H2/t20-/m1/s1. The smallest absolute Gasteiger partial charge is 0.269 e. The normalized spacial score (nSPS) is 11.9. The molecule has 32 heavy (non-hydrogen) atoms. The van der Waals surface area contributed by atoms with Crippen LogP contribution in [0.2, 0.25) is 5.02 Å². The van der Waals surface area contributed by atoms with Crippen molar-refractivity contribution in [1.29, 1.82) is 0 Å². The number of halogens is 1. The summed E-state index contributed by atoms with van der Waals surface area (Å²) >= 11 is 6.43. The second kappa shape index (κ2) is 9.07.